The summed E-state index contributed by atoms with van der Waals surface area (Å²) in [7, 11) is 7.87. The minimum atomic E-state index is -1.06. The van der Waals surface area contributed by atoms with Gasteiger partial charge in [-0.15, -0.1) is 0 Å². The monoisotopic (exact) mass is 908 g/mol. The number of nitrogens with zero attached hydrogens (tertiary/aromatic N) is 2. The van der Waals surface area contributed by atoms with E-state index in [1.807, 2.05) is 86.2 Å². The number of aromatic carboxylic acids is 1. The highest BCUT2D eigenvalue weighted by molar-refractivity contribution is 7.80. The lowest BCUT2D eigenvalue weighted by Gasteiger charge is -2.27. The van der Waals surface area contributed by atoms with Gasteiger partial charge in [0.25, 0.3) is 0 Å². The molecule has 13 heteroatoms. The number of hydrogen-bond donors (Lipinski definition) is 6. The van der Waals surface area contributed by atoms with Crippen LogP contribution in [0.25, 0.3) is 44.5 Å². The molecule has 7 N–H and O–H groups in total. The van der Waals surface area contributed by atoms with Crippen molar-refractivity contribution in [2.75, 3.05) is 64.7 Å². The maximum Gasteiger partial charge on any atom is 0.336 e. The van der Waals surface area contributed by atoms with Gasteiger partial charge in [-0.3, -0.25) is 4.79 Å². The predicted molar refractivity (Wildman–Crippen MR) is 269 cm³/mol. The number of nitrogens with two attached hydrogens (primary N) is 1. The predicted octanol–water partition coefficient (Wildman–Crippen LogP) is 7.44. The molecular weight excluding hydrogens is 847 g/mol. The summed E-state index contributed by atoms with van der Waals surface area (Å²) in [5, 5.41) is 25.7. The van der Waals surface area contributed by atoms with Crippen LogP contribution in [0.2, 0.25) is 0 Å². The molecule has 0 spiro atoms. The van der Waals surface area contributed by atoms with Crippen molar-refractivity contribution in [3.8, 4) is 33.6 Å². The van der Waals surface area contributed by atoms with Gasteiger partial charge in [-0.05, 0) is 109 Å². The summed E-state index contributed by atoms with van der Waals surface area (Å²) < 4.78 is 14.2. The van der Waals surface area contributed by atoms with Gasteiger partial charge in [0, 0.05) is 97.7 Å². The van der Waals surface area contributed by atoms with Crippen LogP contribution < -0.4 is 41.8 Å². The number of carboxylic acid groups (broad SMARTS) is 1. The number of rotatable bonds is 17. The largest absolute Gasteiger partial charge is 0.478 e. The Morgan fingerprint density at radius 1 is 0.864 bits per heavy atom. The van der Waals surface area contributed by atoms with E-state index < -0.39 is 5.97 Å². The fourth-order valence-electron chi connectivity index (χ4n) is 9.02. The number of hydrogen-bond acceptors (Lipinski definition) is 8. The molecule has 2 fully saturated rings. The Morgan fingerprint density at radius 3 is 2.36 bits per heavy atom. The number of thiocarbonyl (C=S) groups is 1. The lowest BCUT2D eigenvalue weighted by atomic mass is 9.90. The number of carbonyl (C=O) groups is 2. The standard InChI is InChI=1S/C53H61N7O5S/c1-59(2)40-18-21-43-48(30-40)65-49-31-41(60(3)4)19-22-44(49)51(43)42-20-17-39(29-46(42)52(62)63)58-53(66)56-25-27-64-26-24-55-50(61)23-8-33-6-5-7-36(28-33)34-9-11-35(12-10-34)45-32-47(45)57-38-15-13-37(54)14-16-38/h5-7,9-12,17-22,28-31,37-38,45,47,57H,8,13-16,23-27,32,54H2,1-4H3,(H3,55,56,61,62,63,66)/p+1/t37?,38?,45-,47+/m0/s1. The van der Waals surface area contributed by atoms with Gasteiger partial charge in [0.2, 0.25) is 11.3 Å². The molecule has 0 radical (unpaired) electrons. The van der Waals surface area contributed by atoms with Crippen LogP contribution in [0, 0.1) is 0 Å². The zero-order valence-electron chi connectivity index (χ0n) is 38.4. The molecule has 12 nitrogen and oxygen atoms in total. The second-order valence-electron chi connectivity index (χ2n) is 18.1. The molecule has 0 saturated heterocycles. The minimum Gasteiger partial charge on any atom is -0.478 e. The van der Waals surface area contributed by atoms with Crippen molar-refractivity contribution < 1.29 is 23.8 Å². The maximum atomic E-state index is 12.8. The summed E-state index contributed by atoms with van der Waals surface area (Å²) in [5.74, 6) is 0.159. The molecule has 4 aromatic carbocycles. The average molecular weight is 909 g/mol. The van der Waals surface area contributed by atoms with E-state index in [-0.39, 0.29) is 11.5 Å². The fraction of sp³-hybridized carbons (Fsp3) is 0.358. The molecule has 2 saturated carbocycles. The highest BCUT2D eigenvalue weighted by atomic mass is 32.1. The van der Waals surface area contributed by atoms with Crippen molar-refractivity contribution in [3.05, 3.63) is 125 Å². The molecule has 0 unspecified atom stereocenters. The Morgan fingerprint density at radius 2 is 1.62 bits per heavy atom. The summed E-state index contributed by atoms with van der Waals surface area (Å²) in [6, 6.07) is 36.1. The van der Waals surface area contributed by atoms with Crippen molar-refractivity contribution in [2.45, 2.75) is 69.0 Å². The Kier molecular flexibility index (Phi) is 14.8. The van der Waals surface area contributed by atoms with Crippen molar-refractivity contribution in [2.24, 2.45) is 5.73 Å². The molecular formula is C53H62N7O5S+. The van der Waals surface area contributed by atoms with E-state index in [9.17, 15) is 14.7 Å². The summed E-state index contributed by atoms with van der Waals surface area (Å²) in [5.41, 5.74) is 15.4. The van der Waals surface area contributed by atoms with E-state index in [4.69, 9.17) is 27.1 Å². The third kappa shape index (κ3) is 11.5. The molecule has 66 heavy (non-hydrogen) atoms. The fourth-order valence-corrected chi connectivity index (χ4v) is 9.24. The molecule has 4 aliphatic rings. The van der Waals surface area contributed by atoms with Gasteiger partial charge in [0.15, 0.2) is 5.11 Å². The van der Waals surface area contributed by atoms with Gasteiger partial charge in [0.05, 0.1) is 24.8 Å². The van der Waals surface area contributed by atoms with Crippen LogP contribution >= 0.6 is 12.2 Å². The Hall–Kier alpha value is -6.12. The van der Waals surface area contributed by atoms with Gasteiger partial charge in [-0.25, -0.2) is 9.37 Å². The van der Waals surface area contributed by atoms with Gasteiger partial charge >= 0.3 is 5.97 Å². The topological polar surface area (TPSA) is 157 Å². The second kappa shape index (κ2) is 21.0. The molecule has 4 aromatic rings. The van der Waals surface area contributed by atoms with Crippen molar-refractivity contribution in [1.82, 2.24) is 20.5 Å². The first-order valence-corrected chi connectivity index (χ1v) is 23.5. The summed E-state index contributed by atoms with van der Waals surface area (Å²) in [6.45, 7) is 1.55. The van der Waals surface area contributed by atoms with Crippen LogP contribution in [-0.2, 0) is 16.0 Å². The number of carbonyl (C=O) groups excluding carboxylic acids is 1. The Labute approximate surface area is 392 Å². The number of amides is 1. The summed E-state index contributed by atoms with van der Waals surface area (Å²) in [4.78, 5) is 27.5. The first kappa shape index (κ1) is 46.4. The first-order chi connectivity index (χ1) is 31.9. The van der Waals surface area contributed by atoms with Crippen molar-refractivity contribution in [1.29, 1.82) is 0 Å². The molecule has 1 heterocycles. The van der Waals surface area contributed by atoms with Crippen molar-refractivity contribution >= 4 is 51.6 Å². The molecule has 1 amide bonds. The summed E-state index contributed by atoms with van der Waals surface area (Å²) >= 11 is 5.54. The second-order valence-corrected chi connectivity index (χ2v) is 18.5. The Bertz CT molecular complexity index is 2740. The minimum absolute atomic E-state index is 0.0205. The first-order valence-electron chi connectivity index (χ1n) is 23.1. The van der Waals surface area contributed by atoms with Crippen LogP contribution in [-0.4, -0.2) is 94.7 Å². The summed E-state index contributed by atoms with van der Waals surface area (Å²) in [6.07, 6.45) is 6.87. The molecule has 1 aliphatic heterocycles. The van der Waals surface area contributed by atoms with E-state index in [0.29, 0.717) is 90.9 Å². The lowest BCUT2D eigenvalue weighted by Crippen LogP contribution is -2.38. The van der Waals surface area contributed by atoms with Crippen LogP contribution in [0.4, 0.5) is 11.4 Å². The van der Waals surface area contributed by atoms with Crippen LogP contribution in [0.5, 0.6) is 0 Å². The smallest absolute Gasteiger partial charge is 0.336 e. The molecule has 3 aliphatic carbocycles. The van der Waals surface area contributed by atoms with E-state index in [1.54, 1.807) is 6.07 Å². The van der Waals surface area contributed by atoms with E-state index in [0.717, 1.165) is 51.5 Å². The third-order valence-electron chi connectivity index (χ3n) is 12.9. The maximum absolute atomic E-state index is 12.8. The number of nitrogens with one attached hydrogen (secondary N) is 4. The number of carboxylic acids is 1. The molecule has 344 valence electrons. The third-order valence-corrected chi connectivity index (χ3v) is 13.1. The van der Waals surface area contributed by atoms with Crippen molar-refractivity contribution in [3.63, 3.8) is 0 Å². The van der Waals surface area contributed by atoms with E-state index in [1.165, 1.54) is 30.4 Å². The Balaban J connectivity index is 0.771. The highest BCUT2D eigenvalue weighted by Gasteiger charge is 2.39. The highest BCUT2D eigenvalue weighted by Crippen LogP contribution is 2.44. The van der Waals surface area contributed by atoms with Gasteiger partial charge < -0.3 is 46.2 Å². The number of ether oxygens (including phenoxy) is 1. The van der Waals surface area contributed by atoms with Crippen LogP contribution in [0.3, 0.4) is 0 Å². The number of benzene rings is 5. The van der Waals surface area contributed by atoms with Gasteiger partial charge in [-0.2, -0.15) is 0 Å². The quantitative estimate of drug-likeness (QED) is 0.0234. The van der Waals surface area contributed by atoms with Crippen LogP contribution in [0.1, 0.15) is 65.9 Å². The van der Waals surface area contributed by atoms with E-state index in [2.05, 4.69) is 69.8 Å². The zero-order valence-corrected chi connectivity index (χ0v) is 39.2. The zero-order chi connectivity index (χ0) is 46.3. The van der Waals surface area contributed by atoms with Gasteiger partial charge in [-0.1, -0.05) is 54.6 Å². The average Bonchev–Trinajstić information content (AvgIpc) is 4.09. The molecule has 0 bridgehead atoms. The number of aryl methyl sites for hydroxylation is 1. The number of anilines is 2. The number of fused-ring (bicyclic) bond motifs is 2. The lowest BCUT2D eigenvalue weighted by molar-refractivity contribution is -0.121. The van der Waals surface area contributed by atoms with E-state index >= 15 is 0 Å². The molecule has 2 atom stereocenters. The SMILES string of the molecule is CN(C)c1ccc2c(-c3ccc(NC(=S)NCCOCCNC(=O)CCc4cccc(-c5ccc([C@@H]6C[C@H]6NC6CCC(N)CC6)cc5)c4)cc3C(=O)O)c3ccc(=[N+](C)C)cc-3oc2c1. The normalized spacial score (nSPS) is 17.9. The molecule has 0 aromatic heterocycles. The molecule has 8 rings (SSSR count). The van der Waals surface area contributed by atoms with Gasteiger partial charge in [0.1, 0.15) is 25.4 Å². The van der Waals surface area contributed by atoms with Crippen LogP contribution in [0.15, 0.2) is 108 Å².